The molecule has 0 amide bonds. The molecule has 0 aromatic heterocycles. The predicted octanol–water partition coefficient (Wildman–Crippen LogP) is 2.45. The normalized spacial score (nSPS) is 9.42. The maximum absolute atomic E-state index is 12.8. The Hall–Kier alpha value is -1.36. The molecule has 0 N–H and O–H groups in total. The minimum absolute atomic E-state index is 0.250. The molecule has 0 fully saturated rings. The molecule has 1 aromatic rings. The van der Waals surface area contributed by atoms with E-state index in [0.29, 0.717) is 0 Å². The van der Waals surface area contributed by atoms with Gasteiger partial charge in [0.15, 0.2) is 0 Å². The van der Waals surface area contributed by atoms with Crippen molar-refractivity contribution in [1.82, 2.24) is 0 Å². The van der Waals surface area contributed by atoms with Gasteiger partial charge in [-0.15, -0.1) is 0 Å². The summed E-state index contributed by atoms with van der Waals surface area (Å²) >= 11 is 0. The van der Waals surface area contributed by atoms with Gasteiger partial charge in [-0.1, -0.05) is 13.0 Å². The fraction of sp³-hybridized carbons (Fsp3) is 0.300. The first-order valence-electron chi connectivity index (χ1n) is 3.91. The number of aryl methyl sites for hydroxylation is 1. The molecule has 0 atom stereocenters. The summed E-state index contributed by atoms with van der Waals surface area (Å²) in [7, 11) is 0. The molecule has 0 aliphatic rings. The van der Waals surface area contributed by atoms with Gasteiger partial charge in [0.1, 0.15) is 5.82 Å². The third-order valence-electron chi connectivity index (χ3n) is 1.71. The van der Waals surface area contributed by atoms with Crippen molar-refractivity contribution in [3.8, 4) is 6.07 Å². The van der Waals surface area contributed by atoms with Gasteiger partial charge in [0.05, 0.1) is 12.5 Å². The summed E-state index contributed by atoms with van der Waals surface area (Å²) in [5, 5.41) is 8.40. The van der Waals surface area contributed by atoms with Crippen LogP contribution in [0.25, 0.3) is 0 Å². The molecule has 0 aliphatic heterocycles. The van der Waals surface area contributed by atoms with E-state index < -0.39 is 0 Å². The Bertz CT molecular complexity index is 312. The van der Waals surface area contributed by atoms with E-state index in [0.717, 1.165) is 17.5 Å². The molecule has 0 saturated carbocycles. The van der Waals surface area contributed by atoms with Crippen molar-refractivity contribution in [3.05, 3.63) is 35.1 Å². The summed E-state index contributed by atoms with van der Waals surface area (Å²) in [5.41, 5.74) is 1.70. The quantitative estimate of drug-likeness (QED) is 0.657. The zero-order valence-corrected chi connectivity index (χ0v) is 6.97. The number of benzene rings is 1. The van der Waals surface area contributed by atoms with Gasteiger partial charge in [-0.25, -0.2) is 4.39 Å². The topological polar surface area (TPSA) is 23.8 Å². The van der Waals surface area contributed by atoms with E-state index >= 15 is 0 Å². The first kappa shape index (κ1) is 8.73. The fourth-order valence-electron chi connectivity index (χ4n) is 1.11. The Morgan fingerprint density at radius 2 is 2.00 bits per heavy atom. The van der Waals surface area contributed by atoms with E-state index in [4.69, 9.17) is 5.26 Å². The van der Waals surface area contributed by atoms with Gasteiger partial charge in [-0.2, -0.15) is 5.26 Å². The van der Waals surface area contributed by atoms with Crippen LogP contribution in [0.4, 0.5) is 4.39 Å². The lowest BCUT2D eigenvalue weighted by atomic mass is 10.1. The van der Waals surface area contributed by atoms with Crippen LogP contribution in [-0.4, -0.2) is 0 Å². The van der Waals surface area contributed by atoms with Crippen LogP contribution in [-0.2, 0) is 12.8 Å². The third kappa shape index (κ3) is 2.06. The number of rotatable bonds is 2. The second kappa shape index (κ2) is 3.87. The molecule has 0 saturated heterocycles. The standard InChI is InChI=1S/C10H10FN/c1-2-8-5-9(3-4-12)7-10(11)6-8/h5-7H,2-3H2,1H3. The largest absolute Gasteiger partial charge is 0.207 e. The number of halogens is 1. The van der Waals surface area contributed by atoms with Crippen molar-refractivity contribution < 1.29 is 4.39 Å². The van der Waals surface area contributed by atoms with Gasteiger partial charge in [0, 0.05) is 0 Å². The Morgan fingerprint density at radius 3 is 2.58 bits per heavy atom. The summed E-state index contributed by atoms with van der Waals surface area (Å²) < 4.78 is 12.8. The monoisotopic (exact) mass is 163 g/mol. The van der Waals surface area contributed by atoms with Gasteiger partial charge in [0.25, 0.3) is 0 Å². The third-order valence-corrected chi connectivity index (χ3v) is 1.71. The highest BCUT2D eigenvalue weighted by Gasteiger charge is 1.98. The van der Waals surface area contributed by atoms with Crippen molar-refractivity contribution in [2.24, 2.45) is 0 Å². The summed E-state index contributed by atoms with van der Waals surface area (Å²) in [4.78, 5) is 0. The van der Waals surface area contributed by atoms with Crippen LogP contribution >= 0.6 is 0 Å². The number of hydrogen-bond acceptors (Lipinski definition) is 1. The molecule has 0 radical (unpaired) electrons. The highest BCUT2D eigenvalue weighted by Crippen LogP contribution is 2.09. The maximum atomic E-state index is 12.8. The van der Waals surface area contributed by atoms with Gasteiger partial charge >= 0.3 is 0 Å². The molecule has 1 rings (SSSR count). The van der Waals surface area contributed by atoms with E-state index in [1.165, 1.54) is 12.1 Å². The molecule has 12 heavy (non-hydrogen) atoms. The van der Waals surface area contributed by atoms with Crippen LogP contribution in [0.15, 0.2) is 18.2 Å². The molecule has 62 valence electrons. The lowest BCUT2D eigenvalue weighted by Gasteiger charge is -1.99. The minimum Gasteiger partial charge on any atom is -0.207 e. The second-order valence-electron chi connectivity index (χ2n) is 2.66. The van der Waals surface area contributed by atoms with E-state index in [1.807, 2.05) is 19.1 Å². The number of nitriles is 1. The van der Waals surface area contributed by atoms with Crippen molar-refractivity contribution >= 4 is 0 Å². The Balaban J connectivity index is 2.99. The van der Waals surface area contributed by atoms with Crippen molar-refractivity contribution in [2.75, 3.05) is 0 Å². The van der Waals surface area contributed by atoms with Crippen molar-refractivity contribution in [2.45, 2.75) is 19.8 Å². The number of nitrogens with zero attached hydrogens (tertiary/aromatic N) is 1. The van der Waals surface area contributed by atoms with Crippen molar-refractivity contribution in [3.63, 3.8) is 0 Å². The molecule has 2 heteroatoms. The first-order chi connectivity index (χ1) is 5.76. The second-order valence-corrected chi connectivity index (χ2v) is 2.66. The summed E-state index contributed by atoms with van der Waals surface area (Å²) in [6, 6.07) is 6.77. The molecule has 0 bridgehead atoms. The predicted molar refractivity (Wildman–Crippen MR) is 45.1 cm³/mol. The maximum Gasteiger partial charge on any atom is 0.123 e. The van der Waals surface area contributed by atoms with Gasteiger partial charge in [-0.05, 0) is 29.7 Å². The molecule has 1 nitrogen and oxygen atoms in total. The van der Waals surface area contributed by atoms with Crippen molar-refractivity contribution in [1.29, 1.82) is 5.26 Å². The molecule has 1 aromatic carbocycles. The zero-order chi connectivity index (χ0) is 8.97. The molecule has 0 spiro atoms. The highest BCUT2D eigenvalue weighted by molar-refractivity contribution is 5.26. The van der Waals surface area contributed by atoms with Gasteiger partial charge in [0.2, 0.25) is 0 Å². The molecule has 0 heterocycles. The Morgan fingerprint density at radius 1 is 1.33 bits per heavy atom. The smallest absolute Gasteiger partial charge is 0.123 e. The summed E-state index contributed by atoms with van der Waals surface area (Å²) in [5.74, 6) is -0.250. The molecular weight excluding hydrogens is 153 g/mol. The lowest BCUT2D eigenvalue weighted by molar-refractivity contribution is 0.624. The summed E-state index contributed by atoms with van der Waals surface area (Å²) in [6.07, 6.45) is 1.08. The average Bonchev–Trinajstić information content (AvgIpc) is 2.04. The first-order valence-corrected chi connectivity index (χ1v) is 3.91. The van der Waals surface area contributed by atoms with E-state index in [2.05, 4.69) is 0 Å². The van der Waals surface area contributed by atoms with Gasteiger partial charge < -0.3 is 0 Å². The fourth-order valence-corrected chi connectivity index (χ4v) is 1.11. The van der Waals surface area contributed by atoms with Gasteiger partial charge in [-0.3, -0.25) is 0 Å². The SMILES string of the molecule is CCc1cc(F)cc(CC#N)c1. The van der Waals surface area contributed by atoms with Crippen LogP contribution in [0.3, 0.4) is 0 Å². The van der Waals surface area contributed by atoms with Crippen LogP contribution in [0.1, 0.15) is 18.1 Å². The van der Waals surface area contributed by atoms with E-state index in [-0.39, 0.29) is 12.2 Å². The summed E-state index contributed by atoms with van der Waals surface area (Å²) in [6.45, 7) is 1.96. The van der Waals surface area contributed by atoms with E-state index in [9.17, 15) is 4.39 Å². The Kier molecular flexibility index (Phi) is 2.82. The molecule has 0 unspecified atom stereocenters. The van der Waals surface area contributed by atoms with Crippen LogP contribution in [0.2, 0.25) is 0 Å². The van der Waals surface area contributed by atoms with Crippen LogP contribution in [0, 0.1) is 17.1 Å². The Labute approximate surface area is 71.4 Å². The highest BCUT2D eigenvalue weighted by atomic mass is 19.1. The lowest BCUT2D eigenvalue weighted by Crippen LogP contribution is -1.88. The van der Waals surface area contributed by atoms with E-state index in [1.54, 1.807) is 0 Å². The van der Waals surface area contributed by atoms with Crippen LogP contribution in [0.5, 0.6) is 0 Å². The number of hydrogen-bond donors (Lipinski definition) is 0. The average molecular weight is 163 g/mol. The minimum atomic E-state index is -0.250. The van der Waals surface area contributed by atoms with Crippen LogP contribution < -0.4 is 0 Å². The molecule has 0 aliphatic carbocycles. The molecular formula is C10H10FN. The zero-order valence-electron chi connectivity index (χ0n) is 6.97.